The topological polar surface area (TPSA) is 0 Å². The van der Waals surface area contributed by atoms with Crippen LogP contribution in [-0.4, -0.2) is 3.21 Å². The molecule has 4 aromatic carbocycles. The van der Waals surface area contributed by atoms with Gasteiger partial charge in [-0.1, -0.05) is 95.6 Å². The summed E-state index contributed by atoms with van der Waals surface area (Å²) in [6.45, 7) is 0. The Morgan fingerprint density at radius 3 is 1.81 bits per heavy atom. The molecule has 0 aliphatic heterocycles. The Morgan fingerprint density at radius 1 is 0.667 bits per heavy atom. The predicted octanol–water partition coefficient (Wildman–Crippen LogP) is 2.21. The molecule has 4 aromatic rings. The fraction of sp³-hybridized carbons (Fsp3) is 0.121. The van der Waals surface area contributed by atoms with Gasteiger partial charge < -0.3 is 24.8 Å². The smallest absolute Gasteiger partial charge is 0.0184 e. The molecule has 0 bridgehead atoms. The van der Waals surface area contributed by atoms with Gasteiger partial charge in [-0.05, 0) is 17.5 Å². The molecule has 0 amide bonds. The summed E-state index contributed by atoms with van der Waals surface area (Å²) in [6.07, 6.45) is 13.9. The Bertz CT molecular complexity index is 1250. The van der Waals surface area contributed by atoms with Crippen molar-refractivity contribution in [3.8, 4) is 33.4 Å². The number of benzene rings is 4. The number of hydrogen-bond acceptors (Lipinski definition) is 0. The zero-order valence-corrected chi connectivity index (χ0v) is 23.9. The van der Waals surface area contributed by atoms with E-state index in [1.54, 1.807) is 27.4 Å². The van der Waals surface area contributed by atoms with E-state index in [0.29, 0.717) is 0 Å². The standard InChI is InChI=1S/C25H17.C5H5.C3H4.2ClH.Zr/c1-3-7-18(8-4-1)20-11-13-22-15-23-14-12-21(17-25(23)24(22)16-20)19-9-5-2-6-10-19;1-2-4-5-3-1;1-2-3-1;;;/h1-13,16-17H,15H2;1-3H,4H2;1-2H2;2*1H;/q2*-1;;;;+2/p-2. The van der Waals surface area contributed by atoms with Gasteiger partial charge >= 0.3 is 40.3 Å². The molecule has 0 unspecified atom stereocenters. The first-order chi connectivity index (χ1) is 16.8. The van der Waals surface area contributed by atoms with Gasteiger partial charge in [-0.15, -0.1) is 17.5 Å². The summed E-state index contributed by atoms with van der Waals surface area (Å²) in [7, 11) is 0. The summed E-state index contributed by atoms with van der Waals surface area (Å²) in [5.41, 5.74) is 10.4. The van der Waals surface area contributed by atoms with Crippen molar-refractivity contribution in [2.75, 3.05) is 0 Å². The van der Waals surface area contributed by atoms with E-state index in [1.807, 2.05) is 12.2 Å². The molecule has 0 aromatic heterocycles. The summed E-state index contributed by atoms with van der Waals surface area (Å²) in [6, 6.07) is 35.9. The number of hydrogen-bond donors (Lipinski definition) is 0. The van der Waals surface area contributed by atoms with Gasteiger partial charge in [-0.25, -0.2) is 12.2 Å². The molecule has 7 rings (SSSR count). The van der Waals surface area contributed by atoms with Gasteiger partial charge in [-0.3, -0.25) is 6.08 Å². The fourth-order valence-corrected chi connectivity index (χ4v) is 4.40. The first-order valence-corrected chi connectivity index (χ1v) is 13.1. The number of fused-ring (bicyclic) bond motifs is 3. The minimum atomic E-state index is 0. The molecule has 0 heterocycles. The van der Waals surface area contributed by atoms with E-state index in [0.717, 1.165) is 12.8 Å². The quantitative estimate of drug-likeness (QED) is 0.280. The summed E-state index contributed by atoms with van der Waals surface area (Å²) >= 11 is 1.66. The average molecular weight is 585 g/mol. The molecule has 0 radical (unpaired) electrons. The van der Waals surface area contributed by atoms with E-state index in [9.17, 15) is 0 Å². The Hall–Kier alpha value is -2.31. The summed E-state index contributed by atoms with van der Waals surface area (Å²) in [5, 5.41) is 0. The van der Waals surface area contributed by atoms with Crippen molar-refractivity contribution in [2.45, 2.75) is 25.7 Å². The fourth-order valence-electron chi connectivity index (χ4n) is 4.10. The van der Waals surface area contributed by atoms with Gasteiger partial charge in [-0.2, -0.15) is 29.8 Å². The SMILES string of the molecule is [C-]1=CC=CC1.[Cl-].[Cl-].[Zr+2]=[C]1CC1.[c-]1cc(-c2ccccc2)cc2c1Cc1ccc(-c3ccccc3)cc1-2. The monoisotopic (exact) mass is 582 g/mol. The van der Waals surface area contributed by atoms with Crippen LogP contribution in [0.4, 0.5) is 0 Å². The molecule has 0 nitrogen and oxygen atoms in total. The third kappa shape index (κ3) is 7.36. The van der Waals surface area contributed by atoms with Crippen LogP contribution >= 0.6 is 0 Å². The second-order valence-electron chi connectivity index (χ2n) is 8.67. The molecule has 0 spiro atoms. The molecule has 1 fully saturated rings. The molecule has 0 N–H and O–H groups in total. The number of allylic oxidation sites excluding steroid dienone is 4. The zero-order valence-electron chi connectivity index (χ0n) is 20.0. The predicted molar refractivity (Wildman–Crippen MR) is 140 cm³/mol. The van der Waals surface area contributed by atoms with Gasteiger partial charge in [0, 0.05) is 0 Å². The molecule has 0 saturated heterocycles. The Kier molecular flexibility index (Phi) is 10.9. The van der Waals surface area contributed by atoms with E-state index in [1.165, 1.54) is 57.3 Å². The summed E-state index contributed by atoms with van der Waals surface area (Å²) < 4.78 is 1.76. The third-order valence-electron chi connectivity index (χ3n) is 6.09. The van der Waals surface area contributed by atoms with Crippen LogP contribution < -0.4 is 24.8 Å². The maximum absolute atomic E-state index is 3.52. The van der Waals surface area contributed by atoms with Crippen LogP contribution in [0.15, 0.2) is 109 Å². The molecule has 3 heteroatoms. The zero-order chi connectivity index (χ0) is 23.2. The van der Waals surface area contributed by atoms with Crippen molar-refractivity contribution < 1.29 is 49.0 Å². The van der Waals surface area contributed by atoms with Gasteiger partial charge in [0.25, 0.3) is 0 Å². The van der Waals surface area contributed by atoms with Crippen LogP contribution in [0, 0.1) is 12.1 Å². The largest absolute Gasteiger partial charge is 0.179 e. The second-order valence-corrected chi connectivity index (χ2v) is 10.4. The van der Waals surface area contributed by atoms with Crippen LogP contribution in [0.25, 0.3) is 33.4 Å². The van der Waals surface area contributed by atoms with Gasteiger partial charge in [0.05, 0.1) is 0 Å². The minimum absolute atomic E-state index is 0. The first-order valence-electron chi connectivity index (χ1n) is 11.8. The van der Waals surface area contributed by atoms with Crippen LogP contribution in [0.5, 0.6) is 0 Å². The van der Waals surface area contributed by atoms with Gasteiger partial charge in [0.15, 0.2) is 0 Å². The minimum Gasteiger partial charge on any atom is -0.179 e. The van der Waals surface area contributed by atoms with Crippen LogP contribution in [0.2, 0.25) is 0 Å². The molecule has 3 aliphatic rings. The molecule has 178 valence electrons. The van der Waals surface area contributed by atoms with Gasteiger partial charge in [0.1, 0.15) is 0 Å². The maximum atomic E-state index is 3.52. The number of halogens is 2. The second kappa shape index (κ2) is 13.9. The summed E-state index contributed by atoms with van der Waals surface area (Å²) in [5.74, 6) is 0. The normalized spacial score (nSPS) is 13.1. The van der Waals surface area contributed by atoms with Crippen molar-refractivity contribution >= 4 is 3.21 Å². The van der Waals surface area contributed by atoms with Crippen LogP contribution in [0.1, 0.15) is 30.4 Å². The van der Waals surface area contributed by atoms with E-state index in [4.69, 9.17) is 0 Å². The first kappa shape index (κ1) is 28.3. The van der Waals surface area contributed by atoms with Crippen molar-refractivity contribution in [1.82, 2.24) is 0 Å². The molecule has 36 heavy (non-hydrogen) atoms. The Morgan fingerprint density at radius 2 is 1.28 bits per heavy atom. The molecule has 1 saturated carbocycles. The van der Waals surface area contributed by atoms with E-state index < -0.39 is 0 Å². The Labute approximate surface area is 242 Å². The molecular formula is C33H26Cl2Zr-2. The Balaban J connectivity index is 0.000000278. The number of rotatable bonds is 2. The van der Waals surface area contributed by atoms with E-state index in [2.05, 4.69) is 109 Å². The van der Waals surface area contributed by atoms with Gasteiger partial charge in [0.2, 0.25) is 0 Å². The maximum Gasteiger partial charge on any atom is -0.0184 e. The average Bonchev–Trinajstić information content (AvgIpc) is 3.34. The molecule has 0 atom stereocenters. The van der Waals surface area contributed by atoms with Crippen molar-refractivity contribution in [3.63, 3.8) is 0 Å². The van der Waals surface area contributed by atoms with E-state index in [-0.39, 0.29) is 24.8 Å². The summed E-state index contributed by atoms with van der Waals surface area (Å²) in [4.78, 5) is 0. The van der Waals surface area contributed by atoms with Crippen LogP contribution in [-0.2, 0) is 30.7 Å². The van der Waals surface area contributed by atoms with Crippen molar-refractivity contribution in [3.05, 3.63) is 132 Å². The molecular weight excluding hydrogens is 558 g/mol. The van der Waals surface area contributed by atoms with Crippen molar-refractivity contribution in [2.24, 2.45) is 0 Å². The van der Waals surface area contributed by atoms with E-state index >= 15 is 0 Å². The van der Waals surface area contributed by atoms with Crippen LogP contribution in [0.3, 0.4) is 0 Å². The third-order valence-corrected chi connectivity index (χ3v) is 7.32. The molecule has 3 aliphatic carbocycles. The van der Waals surface area contributed by atoms with Crippen molar-refractivity contribution in [1.29, 1.82) is 0 Å².